The number of allylic oxidation sites excluding steroid dienone is 1. The summed E-state index contributed by atoms with van der Waals surface area (Å²) in [6, 6.07) is 11.2. The normalized spacial score (nSPS) is 11.7. The number of carbonyl (C=O) groups is 1. The fourth-order valence-electron chi connectivity index (χ4n) is 2.07. The van der Waals surface area contributed by atoms with Crippen LogP contribution in [0.4, 0.5) is 0 Å². The quantitative estimate of drug-likeness (QED) is 0.465. The standard InChI is InChI=1S/C12H16O4.C8H11NO/c13-10(11-7-5-9-16-11)6-3-1-2-4-8-12(14)15;1-10-8-4-2-7(6-9)3-5-8/h1,3,5,7,9-10,13H,2,4,6,8H2,(H,14,15);2-5H,6,9H2,1H3/b3-1+;. The molecule has 0 amide bonds. The van der Waals surface area contributed by atoms with Gasteiger partial charge in [0.15, 0.2) is 0 Å². The second-order valence-electron chi connectivity index (χ2n) is 5.58. The van der Waals surface area contributed by atoms with E-state index in [1.807, 2.05) is 36.4 Å². The van der Waals surface area contributed by atoms with E-state index in [0.717, 1.165) is 17.7 Å². The van der Waals surface area contributed by atoms with E-state index in [0.29, 0.717) is 25.1 Å². The number of carboxylic acid groups (broad SMARTS) is 1. The molecule has 1 aromatic carbocycles. The molecular weight excluding hydrogens is 334 g/mol. The minimum atomic E-state index is -0.774. The molecule has 0 saturated carbocycles. The maximum absolute atomic E-state index is 10.2. The molecule has 2 rings (SSSR count). The van der Waals surface area contributed by atoms with Crippen LogP contribution in [-0.4, -0.2) is 23.3 Å². The van der Waals surface area contributed by atoms with Crippen molar-refractivity contribution in [3.63, 3.8) is 0 Å². The third kappa shape index (κ3) is 9.05. The molecule has 2 aromatic rings. The van der Waals surface area contributed by atoms with Crippen molar-refractivity contribution in [2.24, 2.45) is 5.73 Å². The summed E-state index contributed by atoms with van der Waals surface area (Å²) in [4.78, 5) is 10.2. The lowest BCUT2D eigenvalue weighted by atomic mass is 10.1. The molecule has 0 aliphatic heterocycles. The molecule has 0 spiro atoms. The Balaban J connectivity index is 0.000000289. The largest absolute Gasteiger partial charge is 0.497 e. The van der Waals surface area contributed by atoms with Gasteiger partial charge in [0.1, 0.15) is 17.6 Å². The number of hydrogen-bond acceptors (Lipinski definition) is 5. The van der Waals surface area contributed by atoms with Crippen LogP contribution in [0.3, 0.4) is 0 Å². The molecule has 6 nitrogen and oxygen atoms in total. The van der Waals surface area contributed by atoms with Crippen molar-refractivity contribution in [2.45, 2.75) is 38.3 Å². The Bertz CT molecular complexity index is 612. The molecule has 0 aliphatic carbocycles. The highest BCUT2D eigenvalue weighted by Crippen LogP contribution is 2.17. The maximum atomic E-state index is 10.2. The first kappa shape index (κ1) is 21.5. The molecule has 26 heavy (non-hydrogen) atoms. The van der Waals surface area contributed by atoms with E-state index in [1.54, 1.807) is 19.2 Å². The summed E-state index contributed by atoms with van der Waals surface area (Å²) >= 11 is 0. The molecule has 142 valence electrons. The number of carboxylic acids is 1. The van der Waals surface area contributed by atoms with Crippen LogP contribution in [0.2, 0.25) is 0 Å². The summed E-state index contributed by atoms with van der Waals surface area (Å²) in [5.74, 6) is 0.649. The van der Waals surface area contributed by atoms with Crippen LogP contribution >= 0.6 is 0 Å². The predicted octanol–water partition coefficient (Wildman–Crippen LogP) is 3.67. The number of benzene rings is 1. The molecule has 6 heteroatoms. The number of methoxy groups -OCH3 is 1. The van der Waals surface area contributed by atoms with E-state index in [1.165, 1.54) is 6.26 Å². The molecule has 4 N–H and O–H groups in total. The summed E-state index contributed by atoms with van der Waals surface area (Å²) in [5.41, 5.74) is 6.53. The van der Waals surface area contributed by atoms with Gasteiger partial charge in [-0.1, -0.05) is 24.3 Å². The lowest BCUT2D eigenvalue weighted by Gasteiger charge is -2.02. The zero-order chi connectivity index (χ0) is 19.2. The smallest absolute Gasteiger partial charge is 0.303 e. The second-order valence-corrected chi connectivity index (χ2v) is 5.58. The zero-order valence-electron chi connectivity index (χ0n) is 15.0. The van der Waals surface area contributed by atoms with Crippen molar-refractivity contribution in [3.8, 4) is 5.75 Å². The molecule has 0 aliphatic rings. The van der Waals surface area contributed by atoms with Crippen LogP contribution in [0.1, 0.15) is 43.1 Å². The van der Waals surface area contributed by atoms with Crippen molar-refractivity contribution in [1.82, 2.24) is 0 Å². The fourth-order valence-corrected chi connectivity index (χ4v) is 2.07. The molecule has 0 radical (unpaired) electrons. The van der Waals surface area contributed by atoms with Gasteiger partial charge in [0.25, 0.3) is 0 Å². The average molecular weight is 361 g/mol. The van der Waals surface area contributed by atoms with Crippen LogP contribution in [0.25, 0.3) is 0 Å². The van der Waals surface area contributed by atoms with Crippen molar-refractivity contribution in [1.29, 1.82) is 0 Å². The minimum absolute atomic E-state index is 0.186. The Hall–Kier alpha value is -2.57. The SMILES string of the molecule is COc1ccc(CN)cc1.O=C(O)CCC/C=C/CC(O)c1ccco1. The van der Waals surface area contributed by atoms with Crippen LogP contribution < -0.4 is 10.5 Å². The number of furan rings is 1. The van der Waals surface area contributed by atoms with Gasteiger partial charge in [-0.05, 0) is 49.1 Å². The molecular formula is C20H27NO5. The van der Waals surface area contributed by atoms with Crippen LogP contribution in [-0.2, 0) is 11.3 Å². The minimum Gasteiger partial charge on any atom is -0.497 e. The Labute approximate surface area is 153 Å². The first-order valence-corrected chi connectivity index (χ1v) is 8.48. The van der Waals surface area contributed by atoms with Crippen LogP contribution in [0.15, 0.2) is 59.2 Å². The van der Waals surface area contributed by atoms with Gasteiger partial charge in [0.05, 0.1) is 13.4 Å². The van der Waals surface area contributed by atoms with Crippen molar-refractivity contribution >= 4 is 5.97 Å². The number of unbranched alkanes of at least 4 members (excludes halogenated alkanes) is 1. The number of aliphatic hydroxyl groups excluding tert-OH is 1. The number of rotatable bonds is 9. The fraction of sp³-hybridized carbons (Fsp3) is 0.350. The highest BCUT2D eigenvalue weighted by Gasteiger charge is 2.07. The molecule has 0 bridgehead atoms. The van der Waals surface area contributed by atoms with Crippen molar-refractivity contribution in [2.75, 3.05) is 7.11 Å². The van der Waals surface area contributed by atoms with Gasteiger partial charge in [-0.15, -0.1) is 0 Å². The van der Waals surface area contributed by atoms with E-state index in [-0.39, 0.29) is 6.42 Å². The van der Waals surface area contributed by atoms with Gasteiger partial charge in [0, 0.05) is 13.0 Å². The molecule has 0 saturated heterocycles. The summed E-state index contributed by atoms with van der Waals surface area (Å²) < 4.78 is 10.0. The van der Waals surface area contributed by atoms with E-state index in [2.05, 4.69) is 0 Å². The Morgan fingerprint density at radius 2 is 2.00 bits per heavy atom. The first-order chi connectivity index (χ1) is 12.6. The average Bonchev–Trinajstić information content (AvgIpc) is 3.19. The summed E-state index contributed by atoms with van der Waals surface area (Å²) in [5, 5.41) is 18.0. The molecule has 1 aromatic heterocycles. The summed E-state index contributed by atoms with van der Waals surface area (Å²) in [7, 11) is 1.65. The Morgan fingerprint density at radius 3 is 2.54 bits per heavy atom. The monoisotopic (exact) mass is 361 g/mol. The van der Waals surface area contributed by atoms with E-state index < -0.39 is 12.1 Å². The second kappa shape index (κ2) is 12.7. The van der Waals surface area contributed by atoms with Crippen molar-refractivity contribution in [3.05, 3.63) is 66.1 Å². The number of hydrogen-bond donors (Lipinski definition) is 3. The predicted molar refractivity (Wildman–Crippen MR) is 99.8 cm³/mol. The molecule has 1 unspecified atom stereocenters. The summed E-state index contributed by atoms with van der Waals surface area (Å²) in [6.07, 6.45) is 6.65. The third-order valence-electron chi connectivity index (χ3n) is 3.55. The topological polar surface area (TPSA) is 106 Å². The highest BCUT2D eigenvalue weighted by molar-refractivity contribution is 5.66. The number of aliphatic hydroxyl groups is 1. The van der Waals surface area contributed by atoms with Gasteiger partial charge in [0.2, 0.25) is 0 Å². The lowest BCUT2D eigenvalue weighted by molar-refractivity contribution is -0.137. The van der Waals surface area contributed by atoms with E-state index in [4.69, 9.17) is 20.0 Å². The molecule has 1 heterocycles. The Morgan fingerprint density at radius 1 is 1.27 bits per heavy atom. The molecule has 1 atom stereocenters. The lowest BCUT2D eigenvalue weighted by Crippen LogP contribution is -1.95. The number of aliphatic carboxylic acids is 1. The highest BCUT2D eigenvalue weighted by atomic mass is 16.5. The van der Waals surface area contributed by atoms with Gasteiger partial charge < -0.3 is 25.1 Å². The summed E-state index contributed by atoms with van der Waals surface area (Å²) in [6.45, 7) is 0.587. The van der Waals surface area contributed by atoms with Crippen LogP contribution in [0.5, 0.6) is 5.75 Å². The molecule has 0 fully saturated rings. The van der Waals surface area contributed by atoms with Gasteiger partial charge in [-0.3, -0.25) is 4.79 Å². The number of ether oxygens (including phenoxy) is 1. The van der Waals surface area contributed by atoms with Gasteiger partial charge in [-0.2, -0.15) is 0 Å². The number of nitrogens with two attached hydrogens (primary N) is 1. The van der Waals surface area contributed by atoms with Crippen molar-refractivity contribution < 1.29 is 24.2 Å². The van der Waals surface area contributed by atoms with Gasteiger partial charge >= 0.3 is 5.97 Å². The van der Waals surface area contributed by atoms with Gasteiger partial charge in [-0.25, -0.2) is 0 Å². The van der Waals surface area contributed by atoms with E-state index >= 15 is 0 Å². The van der Waals surface area contributed by atoms with E-state index in [9.17, 15) is 9.90 Å². The first-order valence-electron chi connectivity index (χ1n) is 8.48. The zero-order valence-corrected chi connectivity index (χ0v) is 15.0. The maximum Gasteiger partial charge on any atom is 0.303 e. The van der Waals surface area contributed by atoms with Crippen LogP contribution in [0, 0.1) is 0 Å². The Kier molecular flexibility index (Phi) is 10.5. The third-order valence-corrected chi connectivity index (χ3v) is 3.55.